The Morgan fingerprint density at radius 2 is 2.13 bits per heavy atom. The first-order chi connectivity index (χ1) is 7.04. The molecule has 0 saturated heterocycles. The summed E-state index contributed by atoms with van der Waals surface area (Å²) in [4.78, 5) is 22.1. The lowest BCUT2D eigenvalue weighted by Crippen LogP contribution is -2.14. The van der Waals surface area contributed by atoms with E-state index in [0.717, 1.165) is 0 Å². The fourth-order valence-corrected chi connectivity index (χ4v) is 1.58. The maximum absolute atomic E-state index is 11.3. The molecule has 1 aromatic carbocycles. The van der Waals surface area contributed by atoms with Crippen LogP contribution in [-0.2, 0) is 4.79 Å². The number of rotatable bonds is 3. The molecule has 0 bridgehead atoms. The maximum Gasteiger partial charge on any atom is 0.221 e. The van der Waals surface area contributed by atoms with Crippen LogP contribution in [0, 0.1) is 0 Å². The number of Topliss-reactive ketones (excluding diaryl/α,β-unsaturated/α-hetero) is 1. The highest BCUT2D eigenvalue weighted by Gasteiger charge is 2.07. The highest BCUT2D eigenvalue weighted by Crippen LogP contribution is 2.23. The van der Waals surface area contributed by atoms with Crippen LogP contribution in [0.15, 0.2) is 22.7 Å². The van der Waals surface area contributed by atoms with E-state index in [9.17, 15) is 9.59 Å². The Morgan fingerprint density at radius 1 is 1.47 bits per heavy atom. The maximum atomic E-state index is 11.3. The summed E-state index contributed by atoms with van der Waals surface area (Å²) in [6, 6.07) is 4.93. The van der Waals surface area contributed by atoms with E-state index in [4.69, 9.17) is 5.73 Å². The molecule has 0 unspecified atom stereocenters. The van der Waals surface area contributed by atoms with E-state index in [1.54, 1.807) is 18.2 Å². The molecule has 0 heterocycles. The number of hydrogen-bond donors (Lipinski definition) is 2. The number of anilines is 1. The first kappa shape index (κ1) is 11.9. The van der Waals surface area contributed by atoms with Crippen molar-refractivity contribution >= 4 is 33.3 Å². The van der Waals surface area contributed by atoms with Crippen molar-refractivity contribution in [2.24, 2.45) is 5.73 Å². The zero-order chi connectivity index (χ0) is 11.4. The number of hydrogen-bond acceptors (Lipinski definition) is 3. The molecule has 1 amide bonds. The molecule has 0 aliphatic carbocycles. The van der Waals surface area contributed by atoms with E-state index >= 15 is 0 Å². The predicted molar refractivity (Wildman–Crippen MR) is 61.8 cm³/mol. The van der Waals surface area contributed by atoms with Crippen molar-refractivity contribution in [3.05, 3.63) is 28.2 Å². The zero-order valence-corrected chi connectivity index (χ0v) is 9.80. The van der Waals surface area contributed by atoms with Crippen molar-refractivity contribution < 1.29 is 9.59 Å². The number of ketones is 1. The van der Waals surface area contributed by atoms with Gasteiger partial charge in [-0.25, -0.2) is 0 Å². The van der Waals surface area contributed by atoms with Crippen LogP contribution in [0.5, 0.6) is 0 Å². The second-order valence-electron chi connectivity index (χ2n) is 3.00. The summed E-state index contributed by atoms with van der Waals surface area (Å²) in [6.07, 6.45) is 0. The van der Waals surface area contributed by atoms with Crippen LogP contribution < -0.4 is 11.1 Å². The molecule has 0 radical (unpaired) electrons. The molecule has 80 valence electrons. The number of nitrogens with two attached hydrogens (primary N) is 1. The van der Waals surface area contributed by atoms with Gasteiger partial charge in [0.15, 0.2) is 5.78 Å². The van der Waals surface area contributed by atoms with Crippen LogP contribution in [0.4, 0.5) is 5.69 Å². The molecule has 4 nitrogen and oxygen atoms in total. The van der Waals surface area contributed by atoms with Crippen LogP contribution in [-0.4, -0.2) is 18.2 Å². The number of carbonyl (C=O) groups is 2. The van der Waals surface area contributed by atoms with E-state index in [-0.39, 0.29) is 18.2 Å². The van der Waals surface area contributed by atoms with Crippen LogP contribution in [0.2, 0.25) is 0 Å². The highest BCUT2D eigenvalue weighted by molar-refractivity contribution is 9.10. The van der Waals surface area contributed by atoms with Gasteiger partial charge in [0, 0.05) is 17.0 Å². The van der Waals surface area contributed by atoms with Crippen molar-refractivity contribution in [3.63, 3.8) is 0 Å². The molecule has 0 saturated carbocycles. The third kappa shape index (κ3) is 3.14. The van der Waals surface area contributed by atoms with Gasteiger partial charge in [0.1, 0.15) is 0 Å². The van der Waals surface area contributed by atoms with Crippen molar-refractivity contribution in [3.8, 4) is 0 Å². The number of amides is 1. The number of halogens is 1. The summed E-state index contributed by atoms with van der Waals surface area (Å²) in [5.74, 6) is -0.293. The van der Waals surface area contributed by atoms with Gasteiger partial charge in [0.2, 0.25) is 5.91 Å². The van der Waals surface area contributed by atoms with Gasteiger partial charge in [-0.15, -0.1) is 0 Å². The van der Waals surface area contributed by atoms with E-state index < -0.39 is 0 Å². The van der Waals surface area contributed by atoms with Crippen LogP contribution >= 0.6 is 15.9 Å². The Kier molecular flexibility index (Phi) is 3.99. The van der Waals surface area contributed by atoms with Gasteiger partial charge in [-0.3, -0.25) is 9.59 Å². The number of carbonyl (C=O) groups excluding carboxylic acids is 2. The van der Waals surface area contributed by atoms with Gasteiger partial charge in [0.25, 0.3) is 0 Å². The summed E-state index contributed by atoms with van der Waals surface area (Å²) in [6.45, 7) is 1.40. The lowest BCUT2D eigenvalue weighted by atomic mass is 10.1. The van der Waals surface area contributed by atoms with E-state index in [2.05, 4.69) is 21.2 Å². The number of nitrogens with one attached hydrogen (secondary N) is 1. The van der Waals surface area contributed by atoms with Crippen LogP contribution in [0.3, 0.4) is 0 Å². The minimum atomic E-state index is -0.159. The second kappa shape index (κ2) is 5.04. The van der Waals surface area contributed by atoms with E-state index in [0.29, 0.717) is 15.7 Å². The lowest BCUT2D eigenvalue weighted by Gasteiger charge is -2.06. The molecule has 0 fully saturated rings. The molecule has 0 aliphatic rings. The second-order valence-corrected chi connectivity index (χ2v) is 3.86. The zero-order valence-electron chi connectivity index (χ0n) is 8.21. The summed E-state index contributed by atoms with van der Waals surface area (Å²) >= 11 is 3.27. The Bertz CT molecular complexity index is 404. The van der Waals surface area contributed by atoms with Gasteiger partial charge in [-0.2, -0.15) is 0 Å². The molecule has 3 N–H and O–H groups in total. The summed E-state index contributed by atoms with van der Waals surface area (Å²) in [5.41, 5.74) is 6.40. The molecule has 1 aromatic rings. The van der Waals surface area contributed by atoms with Gasteiger partial charge in [0.05, 0.1) is 12.2 Å². The largest absolute Gasteiger partial charge is 0.325 e. The van der Waals surface area contributed by atoms with E-state index in [1.165, 1.54) is 6.92 Å². The minimum absolute atomic E-state index is 0.0219. The number of benzene rings is 1. The molecule has 0 atom stereocenters. The summed E-state index contributed by atoms with van der Waals surface area (Å²) in [5, 5.41) is 2.63. The standard InChI is InChI=1S/C10H11BrN2O2/c1-6(14)13-9-3-2-7(4-8(9)11)10(15)5-12/h2-4H,5,12H2,1H3,(H,13,14). The van der Waals surface area contributed by atoms with Crippen molar-refractivity contribution in [1.29, 1.82) is 0 Å². The molecular weight excluding hydrogens is 260 g/mol. The molecule has 1 rings (SSSR count). The fourth-order valence-electron chi connectivity index (χ4n) is 1.10. The van der Waals surface area contributed by atoms with Gasteiger partial charge >= 0.3 is 0 Å². The Hall–Kier alpha value is -1.20. The SMILES string of the molecule is CC(=O)Nc1ccc(C(=O)CN)cc1Br. The first-order valence-corrected chi connectivity index (χ1v) is 5.14. The molecule has 15 heavy (non-hydrogen) atoms. The molecule has 0 aliphatic heterocycles. The monoisotopic (exact) mass is 270 g/mol. The molecule has 5 heteroatoms. The van der Waals surface area contributed by atoms with Gasteiger partial charge < -0.3 is 11.1 Å². The van der Waals surface area contributed by atoms with Crippen LogP contribution in [0.1, 0.15) is 17.3 Å². The van der Waals surface area contributed by atoms with Crippen molar-refractivity contribution in [2.75, 3.05) is 11.9 Å². The molecular formula is C10H11BrN2O2. The van der Waals surface area contributed by atoms with Gasteiger partial charge in [-0.05, 0) is 34.1 Å². The molecule has 0 spiro atoms. The topological polar surface area (TPSA) is 72.2 Å². The summed E-state index contributed by atoms with van der Waals surface area (Å²) < 4.78 is 0.664. The molecule has 0 aromatic heterocycles. The average Bonchev–Trinajstić information content (AvgIpc) is 2.19. The Balaban J connectivity index is 2.97. The Labute approximate surface area is 96.0 Å². The third-order valence-electron chi connectivity index (χ3n) is 1.79. The Morgan fingerprint density at radius 3 is 2.60 bits per heavy atom. The fraction of sp³-hybridized carbons (Fsp3) is 0.200. The summed E-state index contributed by atoms with van der Waals surface area (Å²) in [7, 11) is 0. The van der Waals surface area contributed by atoms with Gasteiger partial charge in [-0.1, -0.05) is 0 Å². The predicted octanol–water partition coefficient (Wildman–Crippen LogP) is 1.55. The highest BCUT2D eigenvalue weighted by atomic mass is 79.9. The normalized spacial score (nSPS) is 9.80. The third-order valence-corrected chi connectivity index (χ3v) is 2.44. The lowest BCUT2D eigenvalue weighted by molar-refractivity contribution is -0.114. The van der Waals surface area contributed by atoms with E-state index in [1.807, 2.05) is 0 Å². The average molecular weight is 271 g/mol. The van der Waals surface area contributed by atoms with Crippen LogP contribution in [0.25, 0.3) is 0 Å². The minimum Gasteiger partial charge on any atom is -0.325 e. The van der Waals surface area contributed by atoms with Crippen molar-refractivity contribution in [2.45, 2.75) is 6.92 Å². The van der Waals surface area contributed by atoms with Crippen molar-refractivity contribution in [1.82, 2.24) is 0 Å². The quantitative estimate of drug-likeness (QED) is 0.819. The smallest absolute Gasteiger partial charge is 0.221 e. The first-order valence-electron chi connectivity index (χ1n) is 4.35.